The van der Waals surface area contributed by atoms with E-state index in [4.69, 9.17) is 19.6 Å². The quantitative estimate of drug-likeness (QED) is 0.206. The lowest BCUT2D eigenvalue weighted by atomic mass is 9.96. The highest BCUT2D eigenvalue weighted by atomic mass is 28.3. The van der Waals surface area contributed by atoms with Gasteiger partial charge in [-0.3, -0.25) is 9.69 Å². The molecule has 0 unspecified atom stereocenters. The number of carbonyl (C=O) groups is 1. The van der Waals surface area contributed by atoms with Gasteiger partial charge in [0.05, 0.1) is 12.1 Å². The molecule has 0 bridgehead atoms. The zero-order valence-corrected chi connectivity index (χ0v) is 26.5. The van der Waals surface area contributed by atoms with Crippen molar-refractivity contribution in [2.75, 3.05) is 32.8 Å². The first-order chi connectivity index (χ1) is 20.8. The van der Waals surface area contributed by atoms with E-state index in [2.05, 4.69) is 54.1 Å². The van der Waals surface area contributed by atoms with Crippen LogP contribution in [0.4, 0.5) is 0 Å². The van der Waals surface area contributed by atoms with E-state index < -0.39 is 8.07 Å². The molecule has 2 aromatic carbocycles. The zero-order valence-electron chi connectivity index (χ0n) is 25.5. The van der Waals surface area contributed by atoms with Crippen molar-refractivity contribution in [2.24, 2.45) is 0 Å². The molecule has 8 nitrogen and oxygen atoms in total. The molecule has 2 aliphatic heterocycles. The third kappa shape index (κ3) is 6.11. The molecule has 1 aliphatic carbocycles. The highest BCUT2D eigenvalue weighted by Crippen LogP contribution is 2.35. The molecule has 2 aromatic heterocycles. The maximum atomic E-state index is 12.5. The Bertz CT molecular complexity index is 1670. The van der Waals surface area contributed by atoms with E-state index in [0.717, 1.165) is 59.3 Å². The van der Waals surface area contributed by atoms with Crippen molar-refractivity contribution in [3.8, 4) is 28.1 Å². The van der Waals surface area contributed by atoms with Crippen molar-refractivity contribution in [1.29, 1.82) is 0 Å². The highest BCUT2D eigenvalue weighted by Gasteiger charge is 2.30. The third-order valence-corrected chi connectivity index (χ3v) is 10.6. The fourth-order valence-electron chi connectivity index (χ4n) is 6.17. The van der Waals surface area contributed by atoms with Crippen LogP contribution in [-0.2, 0) is 24.3 Å². The number of nitrogens with one attached hydrogen (secondary N) is 1. The van der Waals surface area contributed by atoms with Gasteiger partial charge in [0.1, 0.15) is 24.8 Å². The van der Waals surface area contributed by atoms with Crippen molar-refractivity contribution < 1.29 is 14.3 Å². The number of hydrogen-bond donors (Lipinski definition) is 1. The monoisotopic (exact) mass is 595 g/mol. The molecule has 1 saturated carbocycles. The fraction of sp³-hybridized carbons (Fsp3) is 0.441. The van der Waals surface area contributed by atoms with Crippen molar-refractivity contribution >= 4 is 25.0 Å². The van der Waals surface area contributed by atoms with Gasteiger partial charge in [-0.15, -0.1) is 0 Å². The lowest BCUT2D eigenvalue weighted by molar-refractivity contribution is 0.0814. The topological polar surface area (TPSA) is 81.5 Å². The molecule has 1 N–H and O–H groups in total. The standard InChI is InChI=1S/C34H41N5O3Si/c1-43(2,3)17-16-41-22-39-33-30(32(37-39)26-6-9-29-31(20-26)42-15-12-35-34(29)40)19-27(21-36-33)24-5-4-23-10-13-38(28-7-8-28)14-11-25(23)18-24/h4-6,9,18-21,28H,7-8,10-17,22H2,1-3H3,(H,35,40). The molecule has 43 heavy (non-hydrogen) atoms. The summed E-state index contributed by atoms with van der Waals surface area (Å²) in [6.07, 6.45) is 6.89. The van der Waals surface area contributed by atoms with Gasteiger partial charge in [-0.2, -0.15) is 5.10 Å². The lowest BCUT2D eigenvalue weighted by Crippen LogP contribution is -2.28. The first kappa shape index (κ1) is 28.2. The minimum atomic E-state index is -1.21. The molecule has 9 heteroatoms. The zero-order chi connectivity index (χ0) is 29.6. The van der Waals surface area contributed by atoms with Gasteiger partial charge in [0.25, 0.3) is 5.91 Å². The van der Waals surface area contributed by atoms with E-state index in [1.807, 2.05) is 29.1 Å². The van der Waals surface area contributed by atoms with E-state index >= 15 is 0 Å². The van der Waals surface area contributed by atoms with Crippen LogP contribution in [0.15, 0.2) is 48.7 Å². The van der Waals surface area contributed by atoms with Gasteiger partial charge in [-0.05, 0) is 66.6 Å². The van der Waals surface area contributed by atoms with Crippen LogP contribution in [0.25, 0.3) is 33.4 Å². The smallest absolute Gasteiger partial charge is 0.255 e. The Morgan fingerprint density at radius 1 is 1.00 bits per heavy atom. The molecular formula is C34H41N5O3Si. The number of aromatic nitrogens is 3. The molecule has 4 aromatic rings. The Morgan fingerprint density at radius 3 is 2.63 bits per heavy atom. The van der Waals surface area contributed by atoms with Crippen molar-refractivity contribution in [3.63, 3.8) is 0 Å². The molecule has 4 heterocycles. The van der Waals surface area contributed by atoms with Crippen LogP contribution in [0, 0.1) is 0 Å². The Kier molecular flexibility index (Phi) is 7.57. The van der Waals surface area contributed by atoms with Crippen molar-refractivity contribution in [2.45, 2.75) is 64.1 Å². The average molecular weight is 596 g/mol. The number of amides is 1. The van der Waals surface area contributed by atoms with Crippen LogP contribution in [-0.4, -0.2) is 72.5 Å². The number of ether oxygens (including phenoxy) is 2. The normalized spacial score (nSPS) is 17.5. The number of rotatable bonds is 8. The Labute approximate surface area is 254 Å². The first-order valence-corrected chi connectivity index (χ1v) is 19.4. The largest absolute Gasteiger partial charge is 0.491 e. The summed E-state index contributed by atoms with van der Waals surface area (Å²) in [7, 11) is -1.21. The Balaban J connectivity index is 1.24. The second kappa shape index (κ2) is 11.5. The Hall–Kier alpha value is -3.53. The summed E-state index contributed by atoms with van der Waals surface area (Å²) in [5.74, 6) is 0.467. The molecule has 0 spiro atoms. The molecular weight excluding hydrogens is 554 g/mol. The maximum Gasteiger partial charge on any atom is 0.255 e. The second-order valence-corrected chi connectivity index (χ2v) is 19.0. The van der Waals surface area contributed by atoms with Crippen LogP contribution in [0.3, 0.4) is 0 Å². The lowest BCUT2D eigenvalue weighted by Gasteiger charge is -2.18. The molecule has 0 atom stereocenters. The average Bonchev–Trinajstić information content (AvgIpc) is 3.82. The summed E-state index contributed by atoms with van der Waals surface area (Å²) >= 11 is 0. The van der Waals surface area contributed by atoms with Crippen LogP contribution in [0.5, 0.6) is 5.75 Å². The van der Waals surface area contributed by atoms with E-state index in [1.54, 1.807) is 0 Å². The summed E-state index contributed by atoms with van der Waals surface area (Å²) in [5.41, 5.74) is 8.21. The molecule has 0 saturated heterocycles. The van der Waals surface area contributed by atoms with E-state index in [9.17, 15) is 4.79 Å². The van der Waals surface area contributed by atoms with Gasteiger partial charge in [-0.1, -0.05) is 43.9 Å². The van der Waals surface area contributed by atoms with Gasteiger partial charge in [0.2, 0.25) is 0 Å². The fourth-order valence-corrected chi connectivity index (χ4v) is 6.93. The number of pyridine rings is 1. The molecule has 224 valence electrons. The number of nitrogens with zero attached hydrogens (tertiary/aromatic N) is 4. The van der Waals surface area contributed by atoms with E-state index in [-0.39, 0.29) is 5.91 Å². The van der Waals surface area contributed by atoms with Crippen LogP contribution in [0.1, 0.15) is 34.3 Å². The minimum absolute atomic E-state index is 0.113. The summed E-state index contributed by atoms with van der Waals surface area (Å²) in [4.78, 5) is 20.1. The second-order valence-electron chi connectivity index (χ2n) is 13.4. The summed E-state index contributed by atoms with van der Waals surface area (Å²) < 4.78 is 13.9. The molecule has 1 amide bonds. The summed E-state index contributed by atoms with van der Waals surface area (Å²) in [6, 6.07) is 16.7. The van der Waals surface area contributed by atoms with Gasteiger partial charge < -0.3 is 14.8 Å². The number of hydrogen-bond acceptors (Lipinski definition) is 6. The minimum Gasteiger partial charge on any atom is -0.491 e. The number of fused-ring (bicyclic) bond motifs is 3. The Morgan fingerprint density at radius 2 is 1.81 bits per heavy atom. The molecule has 1 fully saturated rings. The molecule has 3 aliphatic rings. The summed E-state index contributed by atoms with van der Waals surface area (Å²) in [6.45, 7) is 11.3. The van der Waals surface area contributed by atoms with Crippen LogP contribution >= 0.6 is 0 Å². The molecule has 0 radical (unpaired) electrons. The highest BCUT2D eigenvalue weighted by molar-refractivity contribution is 6.76. The predicted octanol–water partition coefficient (Wildman–Crippen LogP) is 5.76. The first-order valence-electron chi connectivity index (χ1n) is 15.7. The third-order valence-electron chi connectivity index (χ3n) is 8.88. The van der Waals surface area contributed by atoms with Crippen LogP contribution < -0.4 is 10.1 Å². The van der Waals surface area contributed by atoms with Crippen LogP contribution in [0.2, 0.25) is 25.7 Å². The number of benzene rings is 2. The van der Waals surface area contributed by atoms with Gasteiger partial charge in [0, 0.05) is 56.5 Å². The molecule has 7 rings (SSSR count). The SMILES string of the molecule is C[Si](C)(C)CCOCn1nc(-c2ccc3c(c2)OCCNC3=O)c2cc(-c3ccc4c(c3)CCN(C3CC3)CC4)cnc21. The van der Waals surface area contributed by atoms with Gasteiger partial charge in [0.15, 0.2) is 5.65 Å². The van der Waals surface area contributed by atoms with Crippen molar-refractivity contribution in [1.82, 2.24) is 25.0 Å². The summed E-state index contributed by atoms with van der Waals surface area (Å²) in [5, 5.41) is 8.85. The van der Waals surface area contributed by atoms with E-state index in [0.29, 0.717) is 37.8 Å². The van der Waals surface area contributed by atoms with Gasteiger partial charge >= 0.3 is 0 Å². The van der Waals surface area contributed by atoms with Crippen molar-refractivity contribution in [3.05, 3.63) is 65.4 Å². The number of carbonyl (C=O) groups excluding carboxylic acids is 1. The maximum absolute atomic E-state index is 12.5. The van der Waals surface area contributed by atoms with Gasteiger partial charge in [-0.25, -0.2) is 9.67 Å². The van der Waals surface area contributed by atoms with E-state index in [1.165, 1.54) is 36.1 Å². The predicted molar refractivity (Wildman–Crippen MR) is 172 cm³/mol.